The molecule has 1 saturated heterocycles. The van der Waals surface area contributed by atoms with E-state index in [-0.39, 0.29) is 18.5 Å². The van der Waals surface area contributed by atoms with E-state index in [1.54, 1.807) is 18.7 Å². The number of ether oxygens (including phenoxy) is 1. The second-order valence-electron chi connectivity index (χ2n) is 8.84. The Kier molecular flexibility index (Phi) is 5.74. The standard InChI is InChI=1S/C27H28N2O3/c1-19(2)20-14-16-22(17-15-20)29-25(30)27(3,4)28(26(29)31)18-21-10-8-9-13-24(21)32-23-11-6-5-7-12-23/h5-17,19H,18H2,1-4H3. The monoisotopic (exact) mass is 428 g/mol. The van der Waals surface area contributed by atoms with Crippen molar-refractivity contribution in [2.75, 3.05) is 4.90 Å². The van der Waals surface area contributed by atoms with E-state index in [4.69, 9.17) is 4.74 Å². The van der Waals surface area contributed by atoms with Crippen LogP contribution in [0.3, 0.4) is 0 Å². The van der Waals surface area contributed by atoms with E-state index in [0.29, 0.717) is 17.4 Å². The maximum atomic E-state index is 13.4. The van der Waals surface area contributed by atoms with Crippen LogP contribution in [0.15, 0.2) is 78.9 Å². The van der Waals surface area contributed by atoms with Gasteiger partial charge in [-0.3, -0.25) is 4.79 Å². The van der Waals surface area contributed by atoms with Gasteiger partial charge in [0.2, 0.25) is 0 Å². The van der Waals surface area contributed by atoms with Crippen LogP contribution in [0.5, 0.6) is 11.5 Å². The minimum atomic E-state index is -0.979. The van der Waals surface area contributed by atoms with Gasteiger partial charge < -0.3 is 9.64 Å². The highest BCUT2D eigenvalue weighted by molar-refractivity contribution is 6.22. The first-order valence-electron chi connectivity index (χ1n) is 10.9. The van der Waals surface area contributed by atoms with Gasteiger partial charge in [0.25, 0.3) is 5.91 Å². The molecule has 164 valence electrons. The number of urea groups is 1. The largest absolute Gasteiger partial charge is 0.457 e. The second-order valence-corrected chi connectivity index (χ2v) is 8.84. The summed E-state index contributed by atoms with van der Waals surface area (Å²) in [4.78, 5) is 29.6. The van der Waals surface area contributed by atoms with Crippen molar-refractivity contribution >= 4 is 17.6 Å². The van der Waals surface area contributed by atoms with Gasteiger partial charge in [-0.1, -0.05) is 62.4 Å². The van der Waals surface area contributed by atoms with Crippen molar-refractivity contribution in [1.29, 1.82) is 0 Å². The van der Waals surface area contributed by atoms with E-state index in [9.17, 15) is 9.59 Å². The number of carbonyl (C=O) groups is 2. The average molecular weight is 429 g/mol. The van der Waals surface area contributed by atoms with Gasteiger partial charge in [0.1, 0.15) is 17.0 Å². The minimum Gasteiger partial charge on any atom is -0.457 e. The van der Waals surface area contributed by atoms with E-state index in [0.717, 1.165) is 16.9 Å². The number of hydrogen-bond donors (Lipinski definition) is 0. The molecule has 1 heterocycles. The average Bonchev–Trinajstić information content (AvgIpc) is 2.95. The van der Waals surface area contributed by atoms with Crippen molar-refractivity contribution in [1.82, 2.24) is 4.90 Å². The van der Waals surface area contributed by atoms with Gasteiger partial charge in [-0.15, -0.1) is 0 Å². The Hall–Kier alpha value is -3.60. The van der Waals surface area contributed by atoms with Crippen molar-refractivity contribution < 1.29 is 14.3 Å². The highest BCUT2D eigenvalue weighted by Gasteiger charge is 2.51. The lowest BCUT2D eigenvalue weighted by Crippen LogP contribution is -2.43. The number of benzene rings is 3. The Morgan fingerprint density at radius 2 is 1.47 bits per heavy atom. The fourth-order valence-corrected chi connectivity index (χ4v) is 3.86. The first-order chi connectivity index (χ1) is 15.3. The lowest BCUT2D eigenvalue weighted by Gasteiger charge is -2.28. The molecule has 1 aliphatic rings. The van der Waals surface area contributed by atoms with Crippen LogP contribution in [0.2, 0.25) is 0 Å². The third-order valence-electron chi connectivity index (χ3n) is 5.91. The molecular weight excluding hydrogens is 400 g/mol. The first kappa shape index (κ1) is 21.6. The Bertz CT molecular complexity index is 1120. The fourth-order valence-electron chi connectivity index (χ4n) is 3.86. The highest BCUT2D eigenvalue weighted by Crippen LogP contribution is 2.35. The fraction of sp³-hybridized carbons (Fsp3) is 0.259. The van der Waals surface area contributed by atoms with Crippen LogP contribution in [0, 0.1) is 0 Å². The molecule has 32 heavy (non-hydrogen) atoms. The molecule has 5 nitrogen and oxygen atoms in total. The van der Waals surface area contributed by atoms with E-state index >= 15 is 0 Å². The number of hydrogen-bond acceptors (Lipinski definition) is 3. The van der Waals surface area contributed by atoms with Crippen molar-refractivity contribution in [2.45, 2.75) is 45.7 Å². The molecule has 1 fully saturated rings. The predicted molar refractivity (Wildman–Crippen MR) is 126 cm³/mol. The summed E-state index contributed by atoms with van der Waals surface area (Å²) in [6.07, 6.45) is 0. The summed E-state index contributed by atoms with van der Waals surface area (Å²) in [6.45, 7) is 8.07. The molecule has 3 aromatic rings. The molecule has 3 amide bonds. The Morgan fingerprint density at radius 1 is 0.844 bits per heavy atom. The van der Waals surface area contributed by atoms with Gasteiger partial charge in [0.15, 0.2) is 0 Å². The summed E-state index contributed by atoms with van der Waals surface area (Å²) in [5, 5.41) is 0. The summed E-state index contributed by atoms with van der Waals surface area (Å²) >= 11 is 0. The summed E-state index contributed by atoms with van der Waals surface area (Å²) in [7, 11) is 0. The molecule has 0 unspecified atom stereocenters. The molecule has 4 rings (SSSR count). The number of imide groups is 1. The predicted octanol–water partition coefficient (Wildman–Crippen LogP) is 6.35. The molecule has 0 N–H and O–H groups in total. The minimum absolute atomic E-state index is 0.235. The van der Waals surface area contributed by atoms with Crippen molar-refractivity contribution in [3.63, 3.8) is 0 Å². The Morgan fingerprint density at radius 3 is 2.12 bits per heavy atom. The van der Waals surface area contributed by atoms with E-state index < -0.39 is 5.54 Å². The van der Waals surface area contributed by atoms with Gasteiger partial charge in [0.05, 0.1) is 12.2 Å². The lowest BCUT2D eigenvalue weighted by molar-refractivity contribution is -0.123. The highest BCUT2D eigenvalue weighted by atomic mass is 16.5. The summed E-state index contributed by atoms with van der Waals surface area (Å²) in [5.41, 5.74) is 1.61. The van der Waals surface area contributed by atoms with Gasteiger partial charge in [-0.2, -0.15) is 0 Å². The number of rotatable bonds is 6. The summed E-state index contributed by atoms with van der Waals surface area (Å²) < 4.78 is 6.06. The number of carbonyl (C=O) groups excluding carboxylic acids is 2. The zero-order valence-corrected chi connectivity index (χ0v) is 18.9. The summed E-state index contributed by atoms with van der Waals surface area (Å²) in [6, 6.07) is 24.4. The Balaban J connectivity index is 1.62. The normalized spacial score (nSPS) is 15.5. The van der Waals surface area contributed by atoms with Crippen LogP contribution in [-0.2, 0) is 11.3 Å². The molecule has 0 spiro atoms. The second kappa shape index (κ2) is 8.50. The smallest absolute Gasteiger partial charge is 0.332 e. The number of para-hydroxylation sites is 2. The van der Waals surface area contributed by atoms with E-state index in [1.807, 2.05) is 78.9 Å². The molecule has 0 aliphatic carbocycles. The van der Waals surface area contributed by atoms with Crippen LogP contribution >= 0.6 is 0 Å². The molecule has 0 atom stereocenters. The third kappa shape index (κ3) is 3.98. The number of nitrogens with zero attached hydrogens (tertiary/aromatic N) is 2. The maximum absolute atomic E-state index is 13.4. The Labute approximate surface area is 189 Å². The molecule has 0 aromatic heterocycles. The topological polar surface area (TPSA) is 49.9 Å². The third-order valence-corrected chi connectivity index (χ3v) is 5.91. The van der Waals surface area contributed by atoms with Crippen LogP contribution in [-0.4, -0.2) is 22.4 Å². The van der Waals surface area contributed by atoms with Crippen LogP contribution in [0.25, 0.3) is 0 Å². The van der Waals surface area contributed by atoms with Crippen LogP contribution < -0.4 is 9.64 Å². The molecule has 0 radical (unpaired) electrons. The maximum Gasteiger partial charge on any atom is 0.332 e. The molecule has 1 aliphatic heterocycles. The molecule has 0 bridgehead atoms. The van der Waals surface area contributed by atoms with Crippen LogP contribution in [0.4, 0.5) is 10.5 Å². The van der Waals surface area contributed by atoms with Gasteiger partial charge in [0, 0.05) is 5.56 Å². The summed E-state index contributed by atoms with van der Waals surface area (Å²) in [5.74, 6) is 1.52. The molecular formula is C27H28N2O3. The van der Waals surface area contributed by atoms with Crippen molar-refractivity contribution in [3.8, 4) is 11.5 Å². The van der Waals surface area contributed by atoms with Gasteiger partial charge >= 0.3 is 6.03 Å². The van der Waals surface area contributed by atoms with E-state index in [1.165, 1.54) is 4.90 Å². The zero-order valence-electron chi connectivity index (χ0n) is 18.9. The molecule has 0 saturated carbocycles. The molecule has 3 aromatic carbocycles. The van der Waals surface area contributed by atoms with E-state index in [2.05, 4.69) is 13.8 Å². The zero-order chi connectivity index (χ0) is 22.9. The quantitative estimate of drug-likeness (QED) is 0.430. The SMILES string of the molecule is CC(C)c1ccc(N2C(=O)N(Cc3ccccc3Oc3ccccc3)C(C)(C)C2=O)cc1. The van der Waals surface area contributed by atoms with Gasteiger partial charge in [-0.05, 0) is 55.7 Å². The lowest BCUT2D eigenvalue weighted by atomic mass is 10.0. The van der Waals surface area contributed by atoms with Gasteiger partial charge in [-0.25, -0.2) is 9.69 Å². The van der Waals surface area contributed by atoms with Crippen LogP contribution in [0.1, 0.15) is 44.7 Å². The first-order valence-corrected chi connectivity index (χ1v) is 10.9. The number of amides is 3. The van der Waals surface area contributed by atoms with Crippen molar-refractivity contribution in [2.24, 2.45) is 0 Å². The molecule has 5 heteroatoms. The number of anilines is 1. The van der Waals surface area contributed by atoms with Crippen molar-refractivity contribution in [3.05, 3.63) is 90.0 Å².